The van der Waals surface area contributed by atoms with Crippen LogP contribution in [0, 0.1) is 0 Å². The van der Waals surface area contributed by atoms with E-state index in [1.807, 2.05) is 24.3 Å². The summed E-state index contributed by atoms with van der Waals surface area (Å²) in [6, 6.07) is 14.3. The van der Waals surface area contributed by atoms with Gasteiger partial charge in [0.2, 0.25) is 5.91 Å². The van der Waals surface area contributed by atoms with E-state index in [2.05, 4.69) is 10.3 Å². The first kappa shape index (κ1) is 18.5. The smallest absolute Gasteiger partial charge is 0.339 e. The first-order chi connectivity index (χ1) is 14.5. The third kappa shape index (κ3) is 3.24. The quantitative estimate of drug-likeness (QED) is 0.512. The standard InChI is InChI=1S/C24H20N2O4/c1-13-17-10-15(8-9-20(17)26-23(13)28)22(27)12-30-24(29)18-11-21(14-6-7-14)25-19-5-3-2-4-16(18)19/h2-5,8-11,13-14H,6-7,12H2,1H3,(H,26,28)/t13-/m0/s1. The molecule has 1 N–H and O–H groups in total. The molecule has 0 saturated heterocycles. The molecule has 0 bridgehead atoms. The summed E-state index contributed by atoms with van der Waals surface area (Å²) in [6.45, 7) is 1.43. The molecule has 1 aromatic heterocycles. The maximum Gasteiger partial charge on any atom is 0.339 e. The van der Waals surface area contributed by atoms with Crippen LogP contribution in [-0.2, 0) is 9.53 Å². The number of hydrogen-bond acceptors (Lipinski definition) is 5. The highest BCUT2D eigenvalue weighted by Gasteiger charge is 2.28. The molecule has 1 atom stereocenters. The average molecular weight is 400 g/mol. The van der Waals surface area contributed by atoms with E-state index < -0.39 is 5.97 Å². The molecule has 1 aliphatic heterocycles. The average Bonchev–Trinajstić information content (AvgIpc) is 3.57. The molecule has 30 heavy (non-hydrogen) atoms. The molecule has 150 valence electrons. The second kappa shape index (κ2) is 7.06. The Kier molecular flexibility index (Phi) is 4.35. The Hall–Kier alpha value is -3.54. The van der Waals surface area contributed by atoms with Crippen LogP contribution in [0.3, 0.4) is 0 Å². The maximum absolute atomic E-state index is 12.8. The Bertz CT molecular complexity index is 1210. The minimum Gasteiger partial charge on any atom is -0.454 e. The first-order valence-corrected chi connectivity index (χ1v) is 10.1. The number of fused-ring (bicyclic) bond motifs is 2. The number of Topliss-reactive ketones (excluding diaryl/α,β-unsaturated/α-hetero) is 1. The van der Waals surface area contributed by atoms with Crippen molar-refractivity contribution in [1.29, 1.82) is 0 Å². The number of aromatic nitrogens is 1. The number of anilines is 1. The van der Waals surface area contributed by atoms with Gasteiger partial charge in [-0.3, -0.25) is 14.6 Å². The van der Waals surface area contributed by atoms with Crippen LogP contribution in [0.5, 0.6) is 0 Å². The predicted octanol–water partition coefficient (Wildman–Crippen LogP) is 4.21. The van der Waals surface area contributed by atoms with E-state index in [4.69, 9.17) is 4.74 Å². The van der Waals surface area contributed by atoms with Gasteiger partial charge in [0.15, 0.2) is 12.4 Å². The van der Waals surface area contributed by atoms with Gasteiger partial charge in [-0.1, -0.05) is 18.2 Å². The zero-order valence-corrected chi connectivity index (χ0v) is 16.5. The lowest BCUT2D eigenvalue weighted by molar-refractivity contribution is -0.116. The van der Waals surface area contributed by atoms with E-state index in [0.29, 0.717) is 17.0 Å². The number of amides is 1. The van der Waals surface area contributed by atoms with Gasteiger partial charge in [-0.05, 0) is 55.7 Å². The van der Waals surface area contributed by atoms with E-state index in [9.17, 15) is 14.4 Å². The van der Waals surface area contributed by atoms with E-state index >= 15 is 0 Å². The number of para-hydroxylation sites is 1. The minimum atomic E-state index is -0.532. The number of hydrogen-bond donors (Lipinski definition) is 1. The zero-order valence-electron chi connectivity index (χ0n) is 16.5. The fraction of sp³-hybridized carbons (Fsp3) is 0.250. The van der Waals surface area contributed by atoms with Crippen molar-refractivity contribution in [2.75, 3.05) is 11.9 Å². The Morgan fingerprint density at radius 2 is 1.93 bits per heavy atom. The number of pyridine rings is 1. The molecule has 5 rings (SSSR count). The summed E-state index contributed by atoms with van der Waals surface area (Å²) in [6.07, 6.45) is 2.15. The van der Waals surface area contributed by atoms with Gasteiger partial charge in [0, 0.05) is 28.2 Å². The van der Waals surface area contributed by atoms with Crippen molar-refractivity contribution >= 4 is 34.3 Å². The summed E-state index contributed by atoms with van der Waals surface area (Å²) in [5.41, 5.74) is 4.01. The van der Waals surface area contributed by atoms with Crippen LogP contribution in [-0.4, -0.2) is 29.3 Å². The minimum absolute atomic E-state index is 0.0861. The third-order valence-corrected chi connectivity index (χ3v) is 5.78. The second-order valence-corrected chi connectivity index (χ2v) is 7.90. The number of rotatable bonds is 5. The number of nitrogens with zero attached hydrogens (tertiary/aromatic N) is 1. The maximum atomic E-state index is 12.8. The summed E-state index contributed by atoms with van der Waals surface area (Å²) < 4.78 is 5.38. The topological polar surface area (TPSA) is 85.4 Å². The SMILES string of the molecule is C[C@@H]1C(=O)Nc2ccc(C(=O)COC(=O)c3cc(C4CC4)nc4ccccc34)cc21. The molecule has 2 aromatic carbocycles. The van der Waals surface area contributed by atoms with Crippen LogP contribution < -0.4 is 5.32 Å². The summed E-state index contributed by atoms with van der Waals surface area (Å²) in [4.78, 5) is 41.9. The number of ether oxygens (including phenoxy) is 1. The number of carbonyl (C=O) groups is 3. The lowest BCUT2D eigenvalue weighted by Crippen LogP contribution is -2.15. The largest absolute Gasteiger partial charge is 0.454 e. The van der Waals surface area contributed by atoms with Gasteiger partial charge in [0.1, 0.15) is 0 Å². The molecule has 0 radical (unpaired) electrons. The summed E-state index contributed by atoms with van der Waals surface area (Å²) in [5, 5.41) is 3.50. The molecule has 0 unspecified atom stereocenters. The fourth-order valence-corrected chi connectivity index (χ4v) is 3.84. The van der Waals surface area contributed by atoms with E-state index in [-0.39, 0.29) is 24.2 Å². The summed E-state index contributed by atoms with van der Waals surface area (Å²) >= 11 is 0. The van der Waals surface area contributed by atoms with Crippen molar-refractivity contribution < 1.29 is 19.1 Å². The highest BCUT2D eigenvalue weighted by atomic mass is 16.5. The molecule has 2 aliphatic rings. The molecule has 1 saturated carbocycles. The Morgan fingerprint density at radius 3 is 2.73 bits per heavy atom. The van der Waals surface area contributed by atoms with Crippen molar-refractivity contribution in [2.45, 2.75) is 31.6 Å². The third-order valence-electron chi connectivity index (χ3n) is 5.78. The number of nitrogens with one attached hydrogen (secondary N) is 1. The van der Waals surface area contributed by atoms with Gasteiger partial charge < -0.3 is 10.1 Å². The number of esters is 1. The van der Waals surface area contributed by atoms with Crippen LogP contribution in [0.15, 0.2) is 48.5 Å². The highest BCUT2D eigenvalue weighted by molar-refractivity contribution is 6.07. The highest BCUT2D eigenvalue weighted by Crippen LogP contribution is 2.40. The van der Waals surface area contributed by atoms with Gasteiger partial charge >= 0.3 is 5.97 Å². The normalized spacial score (nSPS) is 17.5. The lowest BCUT2D eigenvalue weighted by Gasteiger charge is -2.10. The van der Waals surface area contributed by atoms with Gasteiger partial charge in [-0.2, -0.15) is 0 Å². The summed E-state index contributed by atoms with van der Waals surface area (Å²) in [7, 11) is 0. The van der Waals surface area contributed by atoms with Crippen molar-refractivity contribution in [2.24, 2.45) is 0 Å². The Morgan fingerprint density at radius 1 is 1.13 bits per heavy atom. The van der Waals surface area contributed by atoms with Crippen LogP contribution in [0.1, 0.15) is 63.6 Å². The van der Waals surface area contributed by atoms with Gasteiger partial charge in [-0.15, -0.1) is 0 Å². The Labute approximate surface area is 173 Å². The second-order valence-electron chi connectivity index (χ2n) is 7.90. The monoisotopic (exact) mass is 400 g/mol. The van der Waals surface area contributed by atoms with Crippen molar-refractivity contribution in [3.05, 3.63) is 70.9 Å². The molecular formula is C24H20N2O4. The molecule has 1 amide bonds. The zero-order chi connectivity index (χ0) is 20.8. The van der Waals surface area contributed by atoms with Gasteiger partial charge in [-0.25, -0.2) is 4.79 Å². The number of carbonyl (C=O) groups excluding carboxylic acids is 3. The molecule has 6 nitrogen and oxygen atoms in total. The van der Waals surface area contributed by atoms with Crippen molar-refractivity contribution in [1.82, 2.24) is 4.98 Å². The molecule has 1 fully saturated rings. The number of benzene rings is 2. The van der Waals surface area contributed by atoms with E-state index in [0.717, 1.165) is 40.7 Å². The molecule has 3 aromatic rings. The van der Waals surface area contributed by atoms with Crippen LogP contribution in [0.2, 0.25) is 0 Å². The molecule has 2 heterocycles. The molecular weight excluding hydrogens is 380 g/mol. The van der Waals surface area contributed by atoms with Crippen molar-refractivity contribution in [3.63, 3.8) is 0 Å². The lowest BCUT2D eigenvalue weighted by atomic mass is 9.99. The van der Waals surface area contributed by atoms with E-state index in [1.54, 1.807) is 31.2 Å². The Balaban J connectivity index is 1.36. The summed E-state index contributed by atoms with van der Waals surface area (Å²) in [5.74, 6) is -0.836. The molecule has 1 aliphatic carbocycles. The fourth-order valence-electron chi connectivity index (χ4n) is 3.84. The van der Waals surface area contributed by atoms with Gasteiger partial charge in [0.25, 0.3) is 0 Å². The van der Waals surface area contributed by atoms with Crippen LogP contribution in [0.25, 0.3) is 10.9 Å². The van der Waals surface area contributed by atoms with Crippen LogP contribution in [0.4, 0.5) is 5.69 Å². The van der Waals surface area contributed by atoms with Crippen LogP contribution >= 0.6 is 0 Å². The molecule has 6 heteroatoms. The molecule has 0 spiro atoms. The van der Waals surface area contributed by atoms with Crippen molar-refractivity contribution in [3.8, 4) is 0 Å². The predicted molar refractivity (Wildman–Crippen MR) is 112 cm³/mol. The van der Waals surface area contributed by atoms with Gasteiger partial charge in [0.05, 0.1) is 17.0 Å². The first-order valence-electron chi connectivity index (χ1n) is 10.1. The number of ketones is 1. The van der Waals surface area contributed by atoms with E-state index in [1.165, 1.54) is 0 Å².